The van der Waals surface area contributed by atoms with Crippen LogP contribution in [0.25, 0.3) is 6.08 Å². The Balaban J connectivity index is 2.02. The number of ketones is 1. The zero-order chi connectivity index (χ0) is 15.9. The summed E-state index contributed by atoms with van der Waals surface area (Å²) < 4.78 is 6.52. The summed E-state index contributed by atoms with van der Waals surface area (Å²) in [6.07, 6.45) is 1.78. The van der Waals surface area contributed by atoms with Crippen molar-refractivity contribution in [1.82, 2.24) is 0 Å². The third kappa shape index (κ3) is 2.94. The van der Waals surface area contributed by atoms with Gasteiger partial charge in [-0.2, -0.15) is 0 Å². The Kier molecular flexibility index (Phi) is 4.31. The average Bonchev–Trinajstić information content (AvgIpc) is 2.46. The summed E-state index contributed by atoms with van der Waals surface area (Å²) in [4.78, 5) is 12.6. The molecular weight excluding hydrogens is 387 g/mol. The Hall–Kier alpha value is -1.29. The molecule has 3 rings (SSSR count). The summed E-state index contributed by atoms with van der Waals surface area (Å²) in [5, 5.41) is 0.944. The van der Waals surface area contributed by atoms with Crippen LogP contribution in [0.4, 0.5) is 0 Å². The lowest BCUT2D eigenvalue weighted by atomic mass is 9.97. The average molecular weight is 398 g/mol. The number of hydrogen-bond donors (Lipinski definition) is 0. The number of hydrogen-bond acceptors (Lipinski definition) is 2. The van der Waals surface area contributed by atoms with E-state index in [0.29, 0.717) is 26.9 Å². The maximum Gasteiger partial charge on any atom is 0.196 e. The molecular formula is C17H11BrCl2O2. The molecule has 0 N–H and O–H groups in total. The number of carbonyl (C=O) groups excluding carboxylic acids is 1. The molecule has 0 saturated carbocycles. The van der Waals surface area contributed by atoms with Gasteiger partial charge in [-0.25, -0.2) is 0 Å². The second kappa shape index (κ2) is 6.07. The molecule has 1 aliphatic rings. The van der Waals surface area contributed by atoms with E-state index < -0.39 is 0 Å². The van der Waals surface area contributed by atoms with Gasteiger partial charge in [0, 0.05) is 5.57 Å². The Morgan fingerprint density at radius 1 is 1.18 bits per heavy atom. The fourth-order valence-corrected chi connectivity index (χ4v) is 3.34. The van der Waals surface area contributed by atoms with E-state index in [1.54, 1.807) is 18.2 Å². The number of Topliss-reactive ketones (excluding diaryl/α,β-unsaturated/α-hetero) is 1. The first-order valence-electron chi connectivity index (χ1n) is 6.59. The van der Waals surface area contributed by atoms with Crippen LogP contribution in [-0.2, 0) is 0 Å². The van der Waals surface area contributed by atoms with Crippen LogP contribution in [0.5, 0.6) is 5.75 Å². The molecule has 2 aromatic rings. The van der Waals surface area contributed by atoms with Crippen LogP contribution in [0.2, 0.25) is 10.0 Å². The number of benzene rings is 2. The Labute approximate surface area is 146 Å². The molecule has 0 radical (unpaired) electrons. The lowest BCUT2D eigenvalue weighted by Gasteiger charge is -2.20. The summed E-state index contributed by atoms with van der Waals surface area (Å²) in [6, 6.07) is 9.02. The first-order valence-corrected chi connectivity index (χ1v) is 8.14. The number of rotatable bonds is 1. The van der Waals surface area contributed by atoms with Gasteiger partial charge >= 0.3 is 0 Å². The first-order chi connectivity index (χ1) is 10.5. The summed E-state index contributed by atoms with van der Waals surface area (Å²) >= 11 is 15.3. The maximum absolute atomic E-state index is 12.6. The summed E-state index contributed by atoms with van der Waals surface area (Å²) in [7, 11) is 0. The molecule has 22 heavy (non-hydrogen) atoms. The highest BCUT2D eigenvalue weighted by Crippen LogP contribution is 2.36. The Morgan fingerprint density at radius 2 is 1.95 bits per heavy atom. The van der Waals surface area contributed by atoms with Gasteiger partial charge in [-0.3, -0.25) is 4.79 Å². The van der Waals surface area contributed by atoms with Crippen molar-refractivity contribution in [2.75, 3.05) is 6.61 Å². The molecule has 0 atom stereocenters. The topological polar surface area (TPSA) is 26.3 Å². The SMILES string of the molecule is Cc1cc(Br)c2c(c1)C(=O)/C(=C/c1ccc(Cl)c(Cl)c1)CO2. The van der Waals surface area contributed by atoms with Crippen molar-refractivity contribution in [3.8, 4) is 5.75 Å². The molecule has 0 spiro atoms. The van der Waals surface area contributed by atoms with Crippen LogP contribution in [0.3, 0.4) is 0 Å². The van der Waals surface area contributed by atoms with E-state index in [1.165, 1.54) is 0 Å². The highest BCUT2D eigenvalue weighted by molar-refractivity contribution is 9.10. The monoisotopic (exact) mass is 396 g/mol. The third-order valence-electron chi connectivity index (χ3n) is 3.38. The predicted octanol–water partition coefficient (Wildman–Crippen LogP) is 5.72. The lowest BCUT2D eigenvalue weighted by Crippen LogP contribution is -2.19. The van der Waals surface area contributed by atoms with Gasteiger partial charge in [-0.05, 0) is 64.3 Å². The van der Waals surface area contributed by atoms with Gasteiger partial charge in [-0.15, -0.1) is 0 Å². The molecule has 0 saturated heterocycles. The van der Waals surface area contributed by atoms with Crippen LogP contribution < -0.4 is 4.74 Å². The highest BCUT2D eigenvalue weighted by Gasteiger charge is 2.25. The molecule has 5 heteroatoms. The standard InChI is InChI=1S/C17H11BrCl2O2/c1-9-4-12-16(21)11(8-22-17(12)13(18)5-9)6-10-2-3-14(19)15(20)7-10/h2-7H,8H2,1H3/b11-6+. The van der Waals surface area contributed by atoms with Crippen LogP contribution in [0.1, 0.15) is 21.5 Å². The molecule has 2 aromatic carbocycles. The fourth-order valence-electron chi connectivity index (χ4n) is 2.34. The van der Waals surface area contributed by atoms with E-state index in [-0.39, 0.29) is 12.4 Å². The second-order valence-corrected chi connectivity index (χ2v) is 6.75. The molecule has 0 unspecified atom stereocenters. The quantitative estimate of drug-likeness (QED) is 0.575. The molecule has 0 fully saturated rings. The largest absolute Gasteiger partial charge is 0.487 e. The maximum atomic E-state index is 12.6. The predicted molar refractivity (Wildman–Crippen MR) is 93.1 cm³/mol. The molecule has 0 amide bonds. The number of ether oxygens (including phenoxy) is 1. The molecule has 112 valence electrons. The molecule has 0 aromatic heterocycles. The number of halogens is 3. The minimum atomic E-state index is -0.0308. The van der Waals surface area contributed by atoms with Gasteiger partial charge < -0.3 is 4.74 Å². The second-order valence-electron chi connectivity index (χ2n) is 5.08. The molecule has 0 bridgehead atoms. The van der Waals surface area contributed by atoms with E-state index in [1.807, 2.05) is 25.1 Å². The number of carbonyl (C=O) groups is 1. The summed E-state index contributed by atoms with van der Waals surface area (Å²) in [6.45, 7) is 2.17. The molecule has 0 aliphatic carbocycles. The van der Waals surface area contributed by atoms with Crippen molar-refractivity contribution in [1.29, 1.82) is 0 Å². The summed E-state index contributed by atoms with van der Waals surface area (Å²) in [5.74, 6) is 0.568. The molecule has 2 nitrogen and oxygen atoms in total. The van der Waals surface area contributed by atoms with Crippen molar-refractivity contribution in [2.24, 2.45) is 0 Å². The van der Waals surface area contributed by atoms with E-state index in [2.05, 4.69) is 15.9 Å². The van der Waals surface area contributed by atoms with Crippen molar-refractivity contribution < 1.29 is 9.53 Å². The van der Waals surface area contributed by atoms with Gasteiger partial charge in [0.15, 0.2) is 5.78 Å². The van der Waals surface area contributed by atoms with Crippen molar-refractivity contribution in [3.05, 3.63) is 67.1 Å². The van der Waals surface area contributed by atoms with Gasteiger partial charge in [0.05, 0.1) is 20.1 Å². The highest BCUT2D eigenvalue weighted by atomic mass is 79.9. The van der Waals surface area contributed by atoms with Crippen molar-refractivity contribution >= 4 is 51.0 Å². The zero-order valence-corrected chi connectivity index (χ0v) is 14.7. The van der Waals surface area contributed by atoms with Gasteiger partial charge in [-0.1, -0.05) is 29.3 Å². The van der Waals surface area contributed by atoms with Crippen molar-refractivity contribution in [2.45, 2.75) is 6.92 Å². The van der Waals surface area contributed by atoms with Gasteiger partial charge in [0.1, 0.15) is 12.4 Å². The number of fused-ring (bicyclic) bond motifs is 1. The van der Waals surface area contributed by atoms with Gasteiger partial charge in [0.2, 0.25) is 0 Å². The van der Waals surface area contributed by atoms with Crippen molar-refractivity contribution in [3.63, 3.8) is 0 Å². The Bertz CT molecular complexity index is 813. The normalized spacial score (nSPS) is 15.6. The molecule has 1 heterocycles. The van der Waals surface area contributed by atoms with Crippen LogP contribution in [-0.4, -0.2) is 12.4 Å². The first kappa shape index (κ1) is 15.6. The van der Waals surface area contributed by atoms with Crippen LogP contribution >= 0.6 is 39.1 Å². The summed E-state index contributed by atoms with van der Waals surface area (Å²) in [5.41, 5.74) is 2.97. The number of aryl methyl sites for hydroxylation is 1. The third-order valence-corrected chi connectivity index (χ3v) is 4.71. The lowest BCUT2D eigenvalue weighted by molar-refractivity contribution is 0.100. The van der Waals surface area contributed by atoms with E-state index >= 15 is 0 Å². The van der Waals surface area contributed by atoms with Crippen LogP contribution in [0, 0.1) is 6.92 Å². The minimum Gasteiger partial charge on any atom is -0.487 e. The van der Waals surface area contributed by atoms with Crippen LogP contribution in [0.15, 0.2) is 40.4 Å². The van der Waals surface area contributed by atoms with E-state index in [4.69, 9.17) is 27.9 Å². The zero-order valence-electron chi connectivity index (χ0n) is 11.6. The smallest absolute Gasteiger partial charge is 0.196 e. The molecule has 1 aliphatic heterocycles. The van der Waals surface area contributed by atoms with Gasteiger partial charge in [0.25, 0.3) is 0 Å². The van der Waals surface area contributed by atoms with E-state index in [9.17, 15) is 4.79 Å². The Morgan fingerprint density at radius 3 is 2.68 bits per heavy atom. The fraction of sp³-hybridized carbons (Fsp3) is 0.118. The minimum absolute atomic E-state index is 0.0308. The van der Waals surface area contributed by atoms with E-state index in [0.717, 1.165) is 15.6 Å².